The topological polar surface area (TPSA) is 52.7 Å². The molecule has 5 heteroatoms. The van der Waals surface area contributed by atoms with E-state index in [9.17, 15) is 4.80 Å². The monoisotopic (exact) mass is 477 g/mol. The molecule has 0 radical (unpaired) electrons. The lowest BCUT2D eigenvalue weighted by atomic mass is 9.92. The van der Waals surface area contributed by atoms with E-state index in [-0.39, 0.29) is 11.8 Å². The molecule has 0 aromatic heterocycles. The van der Waals surface area contributed by atoms with Gasteiger partial charge in [0, 0.05) is 22.8 Å². The fourth-order valence-electron chi connectivity index (χ4n) is 5.13. The van der Waals surface area contributed by atoms with E-state index in [2.05, 4.69) is 104 Å². The van der Waals surface area contributed by atoms with Crippen LogP contribution in [0.1, 0.15) is 108 Å². The largest absolute Gasteiger partial charge is 0.513 e. The molecule has 0 bridgehead atoms. The van der Waals surface area contributed by atoms with Crippen molar-refractivity contribution >= 4 is 20.2 Å². The van der Waals surface area contributed by atoms with Crippen LogP contribution in [0.5, 0.6) is 0 Å². The van der Waals surface area contributed by atoms with Crippen molar-refractivity contribution in [1.82, 2.24) is 0 Å². The molecule has 0 spiro atoms. The van der Waals surface area contributed by atoms with Gasteiger partial charge in [0.05, 0.1) is 0 Å². The van der Waals surface area contributed by atoms with Crippen molar-refractivity contribution < 1.29 is 4.80 Å². The van der Waals surface area contributed by atoms with E-state index in [0.29, 0.717) is 11.8 Å². The van der Waals surface area contributed by atoms with Crippen LogP contribution in [0.2, 0.25) is 0 Å². The molecule has 34 heavy (non-hydrogen) atoms. The third-order valence-electron chi connectivity index (χ3n) is 6.81. The standard InChI is InChI=1S/C29H43N3OSi/c1-18(2)24-13-11-14-25(19(3)4)28(24)31-22(9)17-23(10)32(34(31,30)33)29-26(20(5)6)15-12-16-27(29)21(7)8/h11-21,33H,9,30H2,1-8,10H3. The van der Waals surface area contributed by atoms with Crippen molar-refractivity contribution in [2.24, 2.45) is 5.40 Å². The highest BCUT2D eigenvalue weighted by Gasteiger charge is 2.51. The van der Waals surface area contributed by atoms with Crippen molar-refractivity contribution in [3.63, 3.8) is 0 Å². The first kappa shape index (κ1) is 26.3. The first-order valence-electron chi connectivity index (χ1n) is 12.5. The summed E-state index contributed by atoms with van der Waals surface area (Å²) in [4.78, 5) is 12.4. The molecule has 1 atom stereocenters. The molecule has 0 amide bonds. The second-order valence-corrected chi connectivity index (χ2v) is 13.1. The molecular weight excluding hydrogens is 434 g/mol. The molecule has 1 heterocycles. The van der Waals surface area contributed by atoms with Crippen LogP contribution in [-0.4, -0.2) is 13.6 Å². The maximum Gasteiger partial charge on any atom is 0.513 e. The van der Waals surface area contributed by atoms with E-state index in [4.69, 9.17) is 5.40 Å². The fraction of sp³-hybridized carbons (Fsp3) is 0.448. The highest BCUT2D eigenvalue weighted by atomic mass is 28.4. The van der Waals surface area contributed by atoms with Gasteiger partial charge in [-0.25, -0.2) is 0 Å². The van der Waals surface area contributed by atoms with Gasteiger partial charge < -0.3 is 13.9 Å². The number of nitrogens with two attached hydrogens (primary N) is 1. The van der Waals surface area contributed by atoms with Crippen molar-refractivity contribution in [1.29, 1.82) is 0 Å². The molecule has 3 N–H and O–H groups in total. The molecule has 2 aromatic carbocycles. The van der Waals surface area contributed by atoms with Crippen LogP contribution in [-0.2, 0) is 0 Å². The average molecular weight is 478 g/mol. The zero-order valence-corrected chi connectivity index (χ0v) is 23.5. The summed E-state index contributed by atoms with van der Waals surface area (Å²) in [5, 5.41) is 7.13. The van der Waals surface area contributed by atoms with Crippen LogP contribution in [0.15, 0.2) is 60.4 Å². The number of benzene rings is 2. The lowest BCUT2D eigenvalue weighted by molar-refractivity contribution is 0.522. The molecule has 1 unspecified atom stereocenters. The van der Waals surface area contributed by atoms with Crippen LogP contribution in [0, 0.1) is 0 Å². The predicted octanol–water partition coefficient (Wildman–Crippen LogP) is 7.31. The minimum absolute atomic E-state index is 0.279. The molecule has 0 aliphatic carbocycles. The van der Waals surface area contributed by atoms with Crippen molar-refractivity contribution in [3.05, 3.63) is 82.7 Å². The summed E-state index contributed by atoms with van der Waals surface area (Å²) in [5.74, 6) is 1.14. The zero-order chi connectivity index (χ0) is 25.5. The Balaban J connectivity index is 2.38. The Morgan fingerprint density at radius 3 is 1.35 bits per heavy atom. The molecule has 1 aliphatic rings. The number of hydrogen-bond acceptors (Lipinski definition) is 4. The lowest BCUT2D eigenvalue weighted by Gasteiger charge is -2.49. The Kier molecular flexibility index (Phi) is 7.51. The number of para-hydroxylation sites is 2. The molecular formula is C29H43N3OSi. The van der Waals surface area contributed by atoms with Gasteiger partial charge in [0.2, 0.25) is 0 Å². The molecule has 3 rings (SSSR count). The highest BCUT2D eigenvalue weighted by Crippen LogP contribution is 2.45. The number of hydrogen-bond donors (Lipinski definition) is 2. The summed E-state index contributed by atoms with van der Waals surface area (Å²) in [6.45, 7) is 24.0. The van der Waals surface area contributed by atoms with Gasteiger partial charge in [0.25, 0.3) is 0 Å². The van der Waals surface area contributed by atoms with Gasteiger partial charge in [-0.05, 0) is 58.9 Å². The number of rotatable bonds is 6. The first-order chi connectivity index (χ1) is 15.8. The van der Waals surface area contributed by atoms with E-state index in [1.54, 1.807) is 0 Å². The molecule has 4 nitrogen and oxygen atoms in total. The van der Waals surface area contributed by atoms with Crippen molar-refractivity contribution in [2.75, 3.05) is 9.13 Å². The van der Waals surface area contributed by atoms with E-state index < -0.39 is 8.80 Å². The van der Waals surface area contributed by atoms with Gasteiger partial charge in [0.15, 0.2) is 0 Å². The van der Waals surface area contributed by atoms with Crippen LogP contribution in [0.3, 0.4) is 0 Å². The maximum absolute atomic E-state index is 12.4. The molecule has 0 saturated heterocycles. The maximum atomic E-state index is 12.4. The molecule has 0 fully saturated rings. The van der Waals surface area contributed by atoms with Crippen LogP contribution in [0.25, 0.3) is 0 Å². The van der Waals surface area contributed by atoms with Crippen LogP contribution < -0.4 is 14.5 Å². The van der Waals surface area contributed by atoms with Gasteiger partial charge in [0.1, 0.15) is 0 Å². The quantitative estimate of drug-likeness (QED) is 0.428. The highest BCUT2D eigenvalue weighted by molar-refractivity contribution is 6.78. The summed E-state index contributed by atoms with van der Waals surface area (Å²) in [6.07, 6.45) is 2.07. The first-order valence-corrected chi connectivity index (χ1v) is 14.5. The smallest absolute Gasteiger partial charge is 0.387 e. The Morgan fingerprint density at radius 1 is 0.706 bits per heavy atom. The second kappa shape index (κ2) is 9.72. The minimum atomic E-state index is -3.77. The molecule has 2 aromatic rings. The fourth-order valence-corrected chi connectivity index (χ4v) is 7.58. The van der Waals surface area contributed by atoms with E-state index in [0.717, 1.165) is 22.8 Å². The van der Waals surface area contributed by atoms with Crippen molar-refractivity contribution in [2.45, 2.75) is 86.0 Å². The number of anilines is 2. The summed E-state index contributed by atoms with van der Waals surface area (Å²) in [7, 11) is -3.77. The summed E-state index contributed by atoms with van der Waals surface area (Å²) >= 11 is 0. The summed E-state index contributed by atoms with van der Waals surface area (Å²) in [5.41, 5.74) is 8.48. The molecule has 0 saturated carbocycles. The Labute approximate surface area is 208 Å². The van der Waals surface area contributed by atoms with Gasteiger partial charge >= 0.3 is 8.80 Å². The van der Waals surface area contributed by atoms with Crippen LogP contribution >= 0.6 is 0 Å². The molecule has 1 aliphatic heterocycles. The van der Waals surface area contributed by atoms with Gasteiger partial charge in [-0.1, -0.05) is 98.4 Å². The van der Waals surface area contributed by atoms with Crippen LogP contribution in [0.4, 0.5) is 11.4 Å². The second-order valence-electron chi connectivity index (χ2n) is 10.8. The Bertz CT molecular complexity index is 1050. The average Bonchev–Trinajstić information content (AvgIpc) is 2.72. The number of allylic oxidation sites excluding steroid dienone is 2. The Morgan fingerprint density at radius 2 is 1.03 bits per heavy atom. The van der Waals surface area contributed by atoms with E-state index >= 15 is 0 Å². The molecule has 184 valence electrons. The normalized spacial score (nSPS) is 19.1. The third kappa shape index (κ3) is 4.49. The van der Waals surface area contributed by atoms with Gasteiger partial charge in [-0.2, -0.15) is 0 Å². The minimum Gasteiger partial charge on any atom is -0.387 e. The Hall–Kier alpha value is -2.34. The number of nitrogens with zero attached hydrogens (tertiary/aromatic N) is 2. The predicted molar refractivity (Wildman–Crippen MR) is 149 cm³/mol. The SMILES string of the molecule is C=C1C=C(C)N(c2c(C(C)C)cccc2C(C)C)[Si](N)(O)N1c1c(C(C)C)cccc1C(C)C. The summed E-state index contributed by atoms with van der Waals surface area (Å²) < 4.78 is 4.03. The lowest BCUT2D eigenvalue weighted by Crippen LogP contribution is -2.75. The summed E-state index contributed by atoms with van der Waals surface area (Å²) in [6, 6.07) is 12.9. The van der Waals surface area contributed by atoms with E-state index in [1.807, 2.05) is 16.1 Å². The zero-order valence-electron chi connectivity index (χ0n) is 22.5. The van der Waals surface area contributed by atoms with E-state index in [1.165, 1.54) is 22.3 Å². The van der Waals surface area contributed by atoms with Crippen molar-refractivity contribution in [3.8, 4) is 0 Å². The van der Waals surface area contributed by atoms with Gasteiger partial charge in [-0.15, -0.1) is 0 Å². The van der Waals surface area contributed by atoms with Gasteiger partial charge in [-0.3, -0.25) is 5.40 Å². The third-order valence-corrected chi connectivity index (χ3v) is 9.21.